The summed E-state index contributed by atoms with van der Waals surface area (Å²) in [5.41, 5.74) is 0.236. The van der Waals surface area contributed by atoms with Crippen molar-refractivity contribution < 1.29 is 19.1 Å². The van der Waals surface area contributed by atoms with Gasteiger partial charge in [-0.2, -0.15) is 5.10 Å². The second-order valence-electron chi connectivity index (χ2n) is 3.59. The smallest absolute Gasteiger partial charge is 0.325 e. The minimum Gasteiger partial charge on any atom is -0.481 e. The quantitative estimate of drug-likeness (QED) is 0.696. The lowest BCUT2D eigenvalue weighted by atomic mass is 10.3. The summed E-state index contributed by atoms with van der Waals surface area (Å²) in [6.45, 7) is 2.08. The van der Waals surface area contributed by atoms with E-state index in [1.54, 1.807) is 14.0 Å². The number of methoxy groups -OCH3 is 2. The third-order valence-corrected chi connectivity index (χ3v) is 2.48. The molecule has 0 unspecified atom stereocenters. The van der Waals surface area contributed by atoms with E-state index >= 15 is 0 Å². The monoisotopic (exact) mass is 255 g/mol. The summed E-state index contributed by atoms with van der Waals surface area (Å²) in [5, 5.41) is 4.03. The van der Waals surface area contributed by atoms with Crippen LogP contribution in [-0.2, 0) is 16.6 Å². The lowest BCUT2D eigenvalue weighted by molar-refractivity contribution is -0.141. The molecule has 0 aliphatic heterocycles. The van der Waals surface area contributed by atoms with Crippen LogP contribution in [0.25, 0.3) is 0 Å². The van der Waals surface area contributed by atoms with Crippen molar-refractivity contribution in [1.82, 2.24) is 14.7 Å². The number of carbonyl (C=O) groups excluding carboxylic acids is 2. The van der Waals surface area contributed by atoms with Gasteiger partial charge in [-0.1, -0.05) is 0 Å². The molecule has 0 atom stereocenters. The maximum absolute atomic E-state index is 12.1. The predicted octanol–water partition coefficient (Wildman–Crippen LogP) is 0.0638. The first-order valence-corrected chi connectivity index (χ1v) is 5.47. The second kappa shape index (κ2) is 6.04. The van der Waals surface area contributed by atoms with Crippen molar-refractivity contribution in [3.8, 4) is 5.88 Å². The van der Waals surface area contributed by atoms with Crippen LogP contribution in [0.1, 0.15) is 17.4 Å². The second-order valence-corrected chi connectivity index (χ2v) is 3.59. The first-order valence-electron chi connectivity index (χ1n) is 5.47. The van der Waals surface area contributed by atoms with E-state index in [4.69, 9.17) is 4.74 Å². The molecule has 0 saturated heterocycles. The molecule has 0 aromatic carbocycles. The van der Waals surface area contributed by atoms with Crippen molar-refractivity contribution in [3.05, 3.63) is 11.8 Å². The molecule has 1 amide bonds. The maximum Gasteiger partial charge on any atom is 0.325 e. The highest BCUT2D eigenvalue weighted by Crippen LogP contribution is 2.13. The molecule has 0 radical (unpaired) electrons. The number of carbonyl (C=O) groups is 2. The summed E-state index contributed by atoms with van der Waals surface area (Å²) < 4.78 is 11.0. The fourth-order valence-electron chi connectivity index (χ4n) is 1.46. The summed E-state index contributed by atoms with van der Waals surface area (Å²) >= 11 is 0. The van der Waals surface area contributed by atoms with Crippen molar-refractivity contribution in [2.45, 2.75) is 6.92 Å². The van der Waals surface area contributed by atoms with Gasteiger partial charge in [-0.05, 0) is 6.92 Å². The highest BCUT2D eigenvalue weighted by molar-refractivity contribution is 5.94. The maximum atomic E-state index is 12.1. The lowest BCUT2D eigenvalue weighted by Crippen LogP contribution is -2.36. The molecular formula is C11H17N3O4. The fraction of sp³-hybridized carbons (Fsp3) is 0.545. The molecule has 1 aromatic heterocycles. The van der Waals surface area contributed by atoms with Crippen LogP contribution in [-0.4, -0.2) is 53.9 Å². The van der Waals surface area contributed by atoms with E-state index in [2.05, 4.69) is 9.84 Å². The topological polar surface area (TPSA) is 73.7 Å². The first-order chi connectivity index (χ1) is 8.53. The van der Waals surface area contributed by atoms with Crippen molar-refractivity contribution in [1.29, 1.82) is 0 Å². The number of ether oxygens (including phenoxy) is 2. The fourth-order valence-corrected chi connectivity index (χ4v) is 1.46. The van der Waals surface area contributed by atoms with Gasteiger partial charge in [-0.25, -0.2) is 4.68 Å². The standard InChI is InChI=1S/C11H17N3O4/c1-5-14(7-10(15)18-4)11(16)8-6-9(17-3)13(2)12-8/h6H,5,7H2,1-4H3. The Morgan fingerprint density at radius 1 is 1.44 bits per heavy atom. The van der Waals surface area contributed by atoms with Crippen LogP contribution in [0.3, 0.4) is 0 Å². The van der Waals surface area contributed by atoms with Gasteiger partial charge in [0.15, 0.2) is 5.69 Å². The molecule has 18 heavy (non-hydrogen) atoms. The number of aryl methyl sites for hydroxylation is 1. The molecule has 1 aromatic rings. The van der Waals surface area contributed by atoms with Gasteiger partial charge in [0.1, 0.15) is 6.54 Å². The number of esters is 1. The Kier molecular flexibility index (Phi) is 4.70. The summed E-state index contributed by atoms with van der Waals surface area (Å²) in [6, 6.07) is 1.53. The molecule has 7 nitrogen and oxygen atoms in total. The molecule has 100 valence electrons. The van der Waals surface area contributed by atoms with Crippen molar-refractivity contribution in [2.75, 3.05) is 27.3 Å². The van der Waals surface area contributed by atoms with E-state index < -0.39 is 5.97 Å². The van der Waals surface area contributed by atoms with Gasteiger partial charge < -0.3 is 14.4 Å². The molecule has 0 spiro atoms. The van der Waals surface area contributed by atoms with Crippen LogP contribution >= 0.6 is 0 Å². The van der Waals surface area contributed by atoms with Gasteiger partial charge in [0.05, 0.1) is 14.2 Å². The number of hydrogen-bond acceptors (Lipinski definition) is 5. The van der Waals surface area contributed by atoms with E-state index in [0.717, 1.165) is 0 Å². The minimum absolute atomic E-state index is 0.0925. The van der Waals surface area contributed by atoms with Crippen molar-refractivity contribution in [2.24, 2.45) is 7.05 Å². The average Bonchev–Trinajstić information content (AvgIpc) is 2.76. The highest BCUT2D eigenvalue weighted by Gasteiger charge is 2.21. The molecular weight excluding hydrogens is 238 g/mol. The Morgan fingerprint density at radius 2 is 2.11 bits per heavy atom. The van der Waals surface area contributed by atoms with Crippen LogP contribution in [0.5, 0.6) is 5.88 Å². The lowest BCUT2D eigenvalue weighted by Gasteiger charge is -2.17. The largest absolute Gasteiger partial charge is 0.481 e. The molecule has 0 aliphatic carbocycles. The number of amides is 1. The number of aromatic nitrogens is 2. The Balaban J connectivity index is 2.85. The Morgan fingerprint density at radius 3 is 2.56 bits per heavy atom. The summed E-state index contributed by atoms with van der Waals surface area (Å²) in [6.07, 6.45) is 0. The van der Waals surface area contributed by atoms with E-state index in [0.29, 0.717) is 12.4 Å². The van der Waals surface area contributed by atoms with E-state index in [1.807, 2.05) is 0 Å². The molecule has 1 rings (SSSR count). The van der Waals surface area contributed by atoms with E-state index in [1.165, 1.54) is 29.9 Å². The van der Waals surface area contributed by atoms with Crippen LogP contribution in [0.15, 0.2) is 6.07 Å². The third-order valence-electron chi connectivity index (χ3n) is 2.48. The van der Waals surface area contributed by atoms with E-state index in [-0.39, 0.29) is 18.1 Å². The molecule has 0 saturated carbocycles. The Bertz CT molecular complexity index is 441. The number of rotatable bonds is 5. The van der Waals surface area contributed by atoms with Gasteiger partial charge in [0, 0.05) is 19.7 Å². The van der Waals surface area contributed by atoms with Gasteiger partial charge in [-0.3, -0.25) is 9.59 Å². The van der Waals surface area contributed by atoms with Crippen LogP contribution in [0.4, 0.5) is 0 Å². The van der Waals surface area contributed by atoms with Gasteiger partial charge in [-0.15, -0.1) is 0 Å². The van der Waals surface area contributed by atoms with Gasteiger partial charge >= 0.3 is 5.97 Å². The molecule has 0 bridgehead atoms. The number of hydrogen-bond donors (Lipinski definition) is 0. The minimum atomic E-state index is -0.465. The highest BCUT2D eigenvalue weighted by atomic mass is 16.5. The van der Waals surface area contributed by atoms with Crippen LogP contribution in [0, 0.1) is 0 Å². The Labute approximate surface area is 105 Å². The summed E-state index contributed by atoms with van der Waals surface area (Å²) in [5.74, 6) is -0.317. The molecule has 0 fully saturated rings. The summed E-state index contributed by atoms with van der Waals surface area (Å²) in [7, 11) is 4.45. The zero-order valence-electron chi connectivity index (χ0n) is 11.0. The average molecular weight is 255 g/mol. The zero-order valence-corrected chi connectivity index (χ0v) is 11.0. The van der Waals surface area contributed by atoms with Crippen molar-refractivity contribution in [3.63, 3.8) is 0 Å². The molecule has 0 aliphatic rings. The molecule has 1 heterocycles. The Hall–Kier alpha value is -2.05. The zero-order chi connectivity index (χ0) is 13.7. The van der Waals surface area contributed by atoms with Gasteiger partial charge in [0.25, 0.3) is 5.91 Å². The SMILES string of the molecule is CCN(CC(=O)OC)C(=O)c1cc(OC)n(C)n1. The predicted molar refractivity (Wildman–Crippen MR) is 63.4 cm³/mol. The van der Waals surface area contributed by atoms with Gasteiger partial charge in [0.2, 0.25) is 5.88 Å². The number of nitrogens with zero attached hydrogens (tertiary/aromatic N) is 3. The summed E-state index contributed by atoms with van der Waals surface area (Å²) in [4.78, 5) is 24.6. The molecule has 7 heteroatoms. The van der Waals surface area contributed by atoms with Crippen molar-refractivity contribution >= 4 is 11.9 Å². The van der Waals surface area contributed by atoms with Crippen LogP contribution in [0.2, 0.25) is 0 Å². The molecule has 0 N–H and O–H groups in total. The first kappa shape index (κ1) is 14.0. The van der Waals surface area contributed by atoms with Crippen LogP contribution < -0.4 is 4.74 Å². The number of likely N-dealkylation sites (N-methyl/N-ethyl adjacent to an activating group) is 1. The third kappa shape index (κ3) is 2.99. The van der Waals surface area contributed by atoms with E-state index in [9.17, 15) is 9.59 Å². The normalized spacial score (nSPS) is 10.0.